The van der Waals surface area contributed by atoms with Crippen LogP contribution in [0.15, 0.2) is 27.4 Å². The summed E-state index contributed by atoms with van der Waals surface area (Å²) in [7, 11) is -0.598. The summed E-state index contributed by atoms with van der Waals surface area (Å²) in [5.41, 5.74) is -1.27. The number of benzene rings is 1. The SMILES string of the molecule is CCCC(C#N)(CCC)c1cc2cc(OC)cc(O[Si](C)(C)C(C)(C)C)c2c(=O)o1. The summed E-state index contributed by atoms with van der Waals surface area (Å²) in [4.78, 5) is 13.1. The van der Waals surface area contributed by atoms with Gasteiger partial charge in [-0.25, -0.2) is 4.79 Å². The molecule has 1 aromatic carbocycles. The highest BCUT2D eigenvalue weighted by Gasteiger charge is 2.40. The number of nitrogens with zero attached hydrogens (tertiary/aromatic N) is 1. The molecule has 0 aliphatic carbocycles. The smallest absolute Gasteiger partial charge is 0.347 e. The zero-order valence-electron chi connectivity index (χ0n) is 19.6. The van der Waals surface area contributed by atoms with Crippen molar-refractivity contribution in [3.05, 3.63) is 34.4 Å². The van der Waals surface area contributed by atoms with Gasteiger partial charge in [-0.2, -0.15) is 5.26 Å². The standard InChI is InChI=1S/C24H35NO4Si/c1-9-11-24(16-25,12-10-2)20-14-17-13-18(27-6)15-19(21(17)22(26)28-20)29-30(7,8)23(3,4)5/h13-15H,9-12H2,1-8H3. The number of rotatable bonds is 8. The van der Waals surface area contributed by atoms with Crippen molar-refractivity contribution in [2.24, 2.45) is 0 Å². The highest BCUT2D eigenvalue weighted by Crippen LogP contribution is 2.41. The van der Waals surface area contributed by atoms with E-state index in [-0.39, 0.29) is 5.04 Å². The number of methoxy groups -OCH3 is 1. The van der Waals surface area contributed by atoms with Gasteiger partial charge in [0.25, 0.3) is 8.32 Å². The van der Waals surface area contributed by atoms with Crippen molar-refractivity contribution in [3.8, 4) is 17.6 Å². The van der Waals surface area contributed by atoms with Gasteiger partial charge in [0.1, 0.15) is 28.1 Å². The Bertz CT molecular complexity index is 989. The maximum Gasteiger partial charge on any atom is 0.347 e. The second kappa shape index (κ2) is 8.85. The van der Waals surface area contributed by atoms with Crippen LogP contribution in [0.25, 0.3) is 10.8 Å². The van der Waals surface area contributed by atoms with Crippen molar-refractivity contribution >= 4 is 19.1 Å². The molecule has 0 aliphatic heterocycles. The first kappa shape index (κ1) is 24.0. The van der Waals surface area contributed by atoms with Crippen LogP contribution in [-0.2, 0) is 5.41 Å². The Hall–Kier alpha value is -2.26. The molecule has 2 rings (SSSR count). The van der Waals surface area contributed by atoms with Crippen LogP contribution in [0, 0.1) is 11.3 Å². The van der Waals surface area contributed by atoms with Crippen LogP contribution in [0.3, 0.4) is 0 Å². The zero-order valence-corrected chi connectivity index (χ0v) is 20.6. The van der Waals surface area contributed by atoms with Crippen molar-refractivity contribution in [1.82, 2.24) is 0 Å². The minimum atomic E-state index is -2.19. The Morgan fingerprint density at radius 3 is 2.17 bits per heavy atom. The lowest BCUT2D eigenvalue weighted by Gasteiger charge is -2.36. The molecule has 0 saturated heterocycles. The van der Waals surface area contributed by atoms with Crippen molar-refractivity contribution in [3.63, 3.8) is 0 Å². The van der Waals surface area contributed by atoms with Crippen LogP contribution >= 0.6 is 0 Å². The summed E-state index contributed by atoms with van der Waals surface area (Å²) < 4.78 is 17.8. The fourth-order valence-electron chi connectivity index (χ4n) is 3.52. The Kier molecular flexibility index (Phi) is 7.08. The summed E-state index contributed by atoms with van der Waals surface area (Å²) in [5.74, 6) is 1.53. The molecular weight excluding hydrogens is 394 g/mol. The maximum absolute atomic E-state index is 13.1. The minimum absolute atomic E-state index is 0.0270. The Balaban J connectivity index is 2.78. The monoisotopic (exact) mass is 429 g/mol. The largest absolute Gasteiger partial charge is 0.543 e. The topological polar surface area (TPSA) is 72.5 Å². The number of hydrogen-bond acceptors (Lipinski definition) is 5. The Morgan fingerprint density at radius 1 is 1.10 bits per heavy atom. The number of nitriles is 1. The molecule has 0 aliphatic rings. The van der Waals surface area contributed by atoms with Crippen LogP contribution in [0.4, 0.5) is 0 Å². The maximum atomic E-state index is 13.1. The summed E-state index contributed by atoms with van der Waals surface area (Å²) in [5, 5.41) is 11.1. The molecule has 0 spiro atoms. The van der Waals surface area contributed by atoms with E-state index in [1.165, 1.54) is 0 Å². The van der Waals surface area contributed by atoms with Gasteiger partial charge in [0.2, 0.25) is 0 Å². The van der Waals surface area contributed by atoms with Crippen LogP contribution in [0.5, 0.6) is 11.5 Å². The predicted octanol–water partition coefficient (Wildman–Crippen LogP) is 6.55. The molecule has 5 nitrogen and oxygen atoms in total. The lowest BCUT2D eigenvalue weighted by Crippen LogP contribution is -2.44. The molecule has 0 unspecified atom stereocenters. The van der Waals surface area contributed by atoms with E-state index in [1.54, 1.807) is 13.2 Å². The van der Waals surface area contributed by atoms with Crippen LogP contribution in [0.2, 0.25) is 18.1 Å². The highest BCUT2D eigenvalue weighted by molar-refractivity contribution is 6.74. The lowest BCUT2D eigenvalue weighted by atomic mass is 9.78. The normalized spacial score (nSPS) is 12.6. The van der Waals surface area contributed by atoms with Crippen LogP contribution in [0.1, 0.15) is 66.1 Å². The molecule has 0 fully saturated rings. The Morgan fingerprint density at radius 2 is 1.70 bits per heavy atom. The minimum Gasteiger partial charge on any atom is -0.543 e. The summed E-state index contributed by atoms with van der Waals surface area (Å²) >= 11 is 0. The summed E-state index contributed by atoms with van der Waals surface area (Å²) in [6, 6.07) is 7.84. The fourth-order valence-corrected chi connectivity index (χ4v) is 4.54. The molecule has 30 heavy (non-hydrogen) atoms. The third-order valence-corrected chi connectivity index (χ3v) is 10.6. The molecule has 0 atom stereocenters. The first-order valence-electron chi connectivity index (χ1n) is 10.7. The first-order valence-corrected chi connectivity index (χ1v) is 13.6. The molecule has 0 radical (unpaired) electrons. The summed E-state index contributed by atoms with van der Waals surface area (Å²) in [6.07, 6.45) is 2.94. The van der Waals surface area contributed by atoms with Gasteiger partial charge in [-0.1, -0.05) is 47.5 Å². The zero-order chi connectivity index (χ0) is 22.7. The molecule has 164 valence electrons. The molecule has 1 heterocycles. The average Bonchev–Trinajstić information content (AvgIpc) is 2.65. The van der Waals surface area contributed by atoms with Gasteiger partial charge in [0.05, 0.1) is 13.2 Å². The van der Waals surface area contributed by atoms with Gasteiger partial charge < -0.3 is 13.6 Å². The van der Waals surface area contributed by atoms with Crippen molar-refractivity contribution in [2.75, 3.05) is 7.11 Å². The van der Waals surface area contributed by atoms with Crippen LogP contribution < -0.4 is 14.8 Å². The van der Waals surface area contributed by atoms with Crippen molar-refractivity contribution < 1.29 is 13.6 Å². The second-order valence-electron chi connectivity index (χ2n) is 9.54. The molecule has 0 N–H and O–H groups in total. The van der Waals surface area contributed by atoms with E-state index in [9.17, 15) is 10.1 Å². The van der Waals surface area contributed by atoms with Gasteiger partial charge in [0, 0.05) is 6.07 Å². The second-order valence-corrected chi connectivity index (χ2v) is 14.3. The van der Waals surface area contributed by atoms with Gasteiger partial charge >= 0.3 is 5.63 Å². The van der Waals surface area contributed by atoms with E-state index in [0.717, 1.165) is 12.8 Å². The number of hydrogen-bond donors (Lipinski definition) is 0. The molecule has 0 amide bonds. The predicted molar refractivity (Wildman–Crippen MR) is 124 cm³/mol. The van der Waals surface area contributed by atoms with E-state index in [0.29, 0.717) is 40.9 Å². The average molecular weight is 430 g/mol. The molecule has 1 aromatic heterocycles. The fraction of sp³-hybridized carbons (Fsp3) is 0.583. The quantitative estimate of drug-likeness (QED) is 0.445. The van der Waals surface area contributed by atoms with Crippen molar-refractivity contribution in [2.45, 2.75) is 83.8 Å². The molecule has 2 aromatic rings. The lowest BCUT2D eigenvalue weighted by molar-refractivity contribution is 0.338. The van der Waals surface area contributed by atoms with Gasteiger partial charge in [-0.05, 0) is 48.5 Å². The van der Waals surface area contributed by atoms with E-state index in [1.807, 2.05) is 26.0 Å². The summed E-state index contributed by atoms with van der Waals surface area (Å²) in [6.45, 7) is 14.8. The highest BCUT2D eigenvalue weighted by atomic mass is 28.4. The van der Waals surface area contributed by atoms with Gasteiger partial charge in [-0.3, -0.25) is 0 Å². The molecule has 0 saturated carbocycles. The first-order chi connectivity index (χ1) is 13.9. The van der Waals surface area contributed by atoms with E-state index < -0.39 is 19.4 Å². The Labute approximate surface area is 181 Å². The third-order valence-electron chi connectivity index (χ3n) is 6.25. The third kappa shape index (κ3) is 4.56. The van der Waals surface area contributed by atoms with E-state index in [2.05, 4.69) is 39.9 Å². The van der Waals surface area contributed by atoms with Crippen LogP contribution in [-0.4, -0.2) is 15.4 Å². The van der Waals surface area contributed by atoms with Gasteiger partial charge in [-0.15, -0.1) is 0 Å². The van der Waals surface area contributed by atoms with E-state index in [4.69, 9.17) is 13.6 Å². The molecule has 0 bridgehead atoms. The van der Waals surface area contributed by atoms with E-state index >= 15 is 0 Å². The number of ether oxygens (including phenoxy) is 1. The van der Waals surface area contributed by atoms with Gasteiger partial charge in [0.15, 0.2) is 0 Å². The molecule has 6 heteroatoms. The van der Waals surface area contributed by atoms with Crippen molar-refractivity contribution in [1.29, 1.82) is 5.26 Å². The number of fused-ring (bicyclic) bond motifs is 1. The molecular formula is C24H35NO4Si.